The van der Waals surface area contributed by atoms with E-state index in [0.717, 1.165) is 50.0 Å². The lowest BCUT2D eigenvalue weighted by molar-refractivity contribution is 0.660. The third-order valence-corrected chi connectivity index (χ3v) is 11.8. The predicted octanol–water partition coefficient (Wildman–Crippen LogP) is 15.6. The molecule has 0 atom stereocenters. The van der Waals surface area contributed by atoms with Gasteiger partial charge in [-0.1, -0.05) is 190 Å². The van der Waals surface area contributed by atoms with Crippen molar-refractivity contribution in [1.29, 1.82) is 0 Å². The molecule has 0 unspecified atom stereocenters. The van der Waals surface area contributed by atoms with E-state index in [1.165, 1.54) is 28.3 Å². The van der Waals surface area contributed by atoms with Crippen molar-refractivity contribution in [3.63, 3.8) is 0 Å². The first-order valence-corrected chi connectivity index (χ1v) is 19.8. The molecule has 0 N–H and O–H groups in total. The van der Waals surface area contributed by atoms with Crippen LogP contribution in [0.2, 0.25) is 0 Å². The Morgan fingerprint density at radius 1 is 0.407 bits per heavy atom. The van der Waals surface area contributed by atoms with Gasteiger partial charge in [0.1, 0.15) is 0 Å². The van der Waals surface area contributed by atoms with Crippen LogP contribution in [0.5, 0.6) is 0 Å². The number of para-hydroxylation sites is 2. The standard InChI is InChI=1S/C57H42N2/c1-57(2)52-30-14-12-26-48(52)49-34-32-44(37-53(49)57)58(43-25-16-24-42(36-43)39-18-6-3-7-19-39)45-33-35-51-50-27-13-15-31-54(50)59(55(51)38-45)56-46(40-20-8-4-9-21-40)28-17-29-47(56)41-22-10-5-11-23-41/h3-38H,1-2H3/i4D,5D,8D,9D,10D,11D,20D,21D,22D. The van der Waals surface area contributed by atoms with Gasteiger partial charge in [-0.05, 0) is 87.0 Å². The van der Waals surface area contributed by atoms with E-state index in [1.54, 1.807) is 18.2 Å². The van der Waals surface area contributed by atoms with Gasteiger partial charge < -0.3 is 9.47 Å². The van der Waals surface area contributed by atoms with Gasteiger partial charge in [0.15, 0.2) is 0 Å². The van der Waals surface area contributed by atoms with Crippen molar-refractivity contribution in [1.82, 2.24) is 4.57 Å². The number of benzene rings is 9. The van der Waals surface area contributed by atoms with Crippen LogP contribution in [-0.2, 0) is 5.41 Å². The SMILES string of the molecule is [2H]c1cc(-c2cccc(-c3c([2H])c([2H])c([2H])c([2H])c3[2H])c2-n2c3ccccc3c3ccc(N(c4cccc(-c5ccccc5)c4)c4ccc5c(c4)C(C)(C)c4ccccc4-5)cc32)c([2H])c([2H])c1[2H]. The number of fused-ring (bicyclic) bond motifs is 6. The minimum Gasteiger partial charge on any atom is -0.310 e. The van der Waals surface area contributed by atoms with E-state index in [-0.39, 0.29) is 34.7 Å². The van der Waals surface area contributed by atoms with E-state index in [9.17, 15) is 4.11 Å². The van der Waals surface area contributed by atoms with Crippen LogP contribution in [0.3, 0.4) is 0 Å². The minimum absolute atomic E-state index is 0.0307. The zero-order valence-electron chi connectivity index (χ0n) is 41.5. The van der Waals surface area contributed by atoms with Crippen LogP contribution in [0, 0.1) is 0 Å². The van der Waals surface area contributed by atoms with Crippen LogP contribution < -0.4 is 4.90 Å². The molecule has 280 valence electrons. The Morgan fingerprint density at radius 3 is 1.88 bits per heavy atom. The average Bonchev–Trinajstić information content (AvgIpc) is 3.80. The van der Waals surface area contributed by atoms with Crippen molar-refractivity contribution in [3.8, 4) is 50.2 Å². The summed E-state index contributed by atoms with van der Waals surface area (Å²) in [6.45, 7) is 4.54. The van der Waals surface area contributed by atoms with Crippen LogP contribution in [0.25, 0.3) is 72.0 Å². The Morgan fingerprint density at radius 2 is 1.02 bits per heavy atom. The van der Waals surface area contributed by atoms with Gasteiger partial charge in [0.2, 0.25) is 0 Å². The summed E-state index contributed by atoms with van der Waals surface area (Å²) in [4.78, 5) is 2.25. The first-order valence-electron chi connectivity index (χ1n) is 24.3. The zero-order valence-corrected chi connectivity index (χ0v) is 32.5. The second-order valence-corrected chi connectivity index (χ2v) is 15.5. The number of anilines is 3. The Bertz CT molecular complexity index is 3700. The molecule has 0 fully saturated rings. The maximum atomic E-state index is 9.21. The molecular formula is C57H42N2. The van der Waals surface area contributed by atoms with Gasteiger partial charge >= 0.3 is 0 Å². The maximum Gasteiger partial charge on any atom is 0.0629 e. The molecule has 2 heteroatoms. The fraction of sp³-hybridized carbons (Fsp3) is 0.0526. The number of aromatic nitrogens is 1. The summed E-state index contributed by atoms with van der Waals surface area (Å²) in [5.74, 6) is 0. The van der Waals surface area contributed by atoms with Gasteiger partial charge in [-0.15, -0.1) is 0 Å². The Hall–Kier alpha value is -7.42. The second kappa shape index (κ2) is 13.9. The normalized spacial score (nSPS) is 14.8. The fourth-order valence-electron chi connectivity index (χ4n) is 9.08. The highest BCUT2D eigenvalue weighted by molar-refractivity contribution is 6.11. The molecule has 59 heavy (non-hydrogen) atoms. The third kappa shape index (κ3) is 5.71. The number of nitrogens with zero attached hydrogens (tertiary/aromatic N) is 2. The van der Waals surface area contributed by atoms with Crippen LogP contribution in [0.15, 0.2) is 218 Å². The molecule has 2 nitrogen and oxygen atoms in total. The molecule has 10 aromatic rings. The first kappa shape index (κ1) is 26.5. The van der Waals surface area contributed by atoms with E-state index < -0.39 is 36.3 Å². The molecule has 0 spiro atoms. The van der Waals surface area contributed by atoms with E-state index in [4.69, 9.17) is 8.22 Å². The van der Waals surface area contributed by atoms with Crippen molar-refractivity contribution in [2.24, 2.45) is 0 Å². The van der Waals surface area contributed by atoms with Crippen LogP contribution in [-0.4, -0.2) is 4.57 Å². The quantitative estimate of drug-likeness (QED) is 0.157. The maximum absolute atomic E-state index is 9.21. The molecule has 1 heterocycles. The van der Waals surface area contributed by atoms with Crippen molar-refractivity contribution < 1.29 is 12.3 Å². The zero-order chi connectivity index (χ0) is 47.3. The van der Waals surface area contributed by atoms with E-state index >= 15 is 0 Å². The Balaban J connectivity index is 1.24. The molecular weight excluding hydrogens is 713 g/mol. The number of hydrogen-bond donors (Lipinski definition) is 0. The lowest BCUT2D eigenvalue weighted by Gasteiger charge is -2.29. The monoisotopic (exact) mass is 763 g/mol. The molecule has 11 rings (SSSR count). The first-order chi connectivity index (χ1) is 32.8. The van der Waals surface area contributed by atoms with Gasteiger partial charge in [-0.25, -0.2) is 0 Å². The molecule has 9 aromatic carbocycles. The van der Waals surface area contributed by atoms with Crippen molar-refractivity contribution in [3.05, 3.63) is 229 Å². The molecule has 0 amide bonds. The highest BCUT2D eigenvalue weighted by Gasteiger charge is 2.36. The highest BCUT2D eigenvalue weighted by atomic mass is 15.1. The lowest BCUT2D eigenvalue weighted by Crippen LogP contribution is -2.16. The molecule has 0 saturated carbocycles. The van der Waals surface area contributed by atoms with Gasteiger partial charge in [0, 0.05) is 44.4 Å². The average molecular weight is 764 g/mol. The molecule has 1 aromatic heterocycles. The molecule has 0 aliphatic heterocycles. The van der Waals surface area contributed by atoms with Gasteiger partial charge in [0.05, 0.1) is 29.1 Å². The topological polar surface area (TPSA) is 8.17 Å². The summed E-state index contributed by atoms with van der Waals surface area (Å²) in [6, 6.07) is 51.2. The fourth-order valence-corrected chi connectivity index (χ4v) is 9.08. The highest BCUT2D eigenvalue weighted by Crippen LogP contribution is 2.51. The van der Waals surface area contributed by atoms with Gasteiger partial charge in [-0.2, -0.15) is 0 Å². The summed E-state index contributed by atoms with van der Waals surface area (Å²) in [5, 5.41) is 1.77. The van der Waals surface area contributed by atoms with Crippen LogP contribution >= 0.6 is 0 Å². The molecule has 1 aliphatic carbocycles. The summed E-state index contributed by atoms with van der Waals surface area (Å²) in [7, 11) is 0. The van der Waals surface area contributed by atoms with E-state index in [2.05, 4.69) is 116 Å². The third-order valence-electron chi connectivity index (χ3n) is 11.8. The van der Waals surface area contributed by atoms with Crippen molar-refractivity contribution in [2.75, 3.05) is 4.90 Å². The largest absolute Gasteiger partial charge is 0.310 e. The van der Waals surface area contributed by atoms with Crippen LogP contribution in [0.4, 0.5) is 17.1 Å². The second-order valence-electron chi connectivity index (χ2n) is 15.5. The number of hydrogen-bond acceptors (Lipinski definition) is 1. The lowest BCUT2D eigenvalue weighted by atomic mass is 9.82. The van der Waals surface area contributed by atoms with Crippen molar-refractivity contribution in [2.45, 2.75) is 19.3 Å². The number of rotatable bonds is 7. The summed E-state index contributed by atoms with van der Waals surface area (Å²) < 4.78 is 81.4. The molecule has 0 saturated heterocycles. The smallest absolute Gasteiger partial charge is 0.0629 e. The van der Waals surface area contributed by atoms with E-state index in [0.29, 0.717) is 16.8 Å². The van der Waals surface area contributed by atoms with E-state index in [1.807, 2.05) is 47.0 Å². The Labute approximate surface area is 358 Å². The minimum atomic E-state index is -0.518. The molecule has 1 aliphatic rings. The summed E-state index contributed by atoms with van der Waals surface area (Å²) >= 11 is 0. The van der Waals surface area contributed by atoms with Crippen LogP contribution in [0.1, 0.15) is 37.3 Å². The Kier molecular flexibility index (Phi) is 6.24. The molecule has 0 bridgehead atoms. The van der Waals surface area contributed by atoms with Gasteiger partial charge in [-0.3, -0.25) is 0 Å². The van der Waals surface area contributed by atoms with Gasteiger partial charge in [0.25, 0.3) is 0 Å². The van der Waals surface area contributed by atoms with Crippen molar-refractivity contribution >= 4 is 38.9 Å². The summed E-state index contributed by atoms with van der Waals surface area (Å²) in [5.41, 5.74) is 12.2. The summed E-state index contributed by atoms with van der Waals surface area (Å²) in [6.07, 6.45) is 0. The molecule has 0 radical (unpaired) electrons. The predicted molar refractivity (Wildman–Crippen MR) is 249 cm³/mol.